The number of hydrogen-bond acceptors (Lipinski definition) is 11. The minimum atomic E-state index is -0.962. The number of hydrogen-bond donors (Lipinski definition) is 5. The van der Waals surface area contributed by atoms with Crippen molar-refractivity contribution in [2.24, 2.45) is 0 Å². The van der Waals surface area contributed by atoms with Crippen LogP contribution in [-0.4, -0.2) is 69.5 Å². The molecule has 0 aliphatic carbocycles. The highest BCUT2D eigenvalue weighted by molar-refractivity contribution is 5.76. The molecule has 1 saturated heterocycles. The maximum absolute atomic E-state index is 11.6. The molecule has 0 bridgehead atoms. The summed E-state index contributed by atoms with van der Waals surface area (Å²) < 4.78 is 4.99. The minimum absolute atomic E-state index is 0.0459. The van der Waals surface area contributed by atoms with Crippen molar-refractivity contribution >= 4 is 5.97 Å². The number of nitrogens with one attached hydrogen (secondary N) is 1. The molecule has 0 spiro atoms. The lowest BCUT2D eigenvalue weighted by Gasteiger charge is -2.19. The van der Waals surface area contributed by atoms with Crippen molar-refractivity contribution in [3.8, 4) is 0 Å². The summed E-state index contributed by atoms with van der Waals surface area (Å²) in [6, 6.07) is -0.317. The quantitative estimate of drug-likeness (QED) is 0.266. The fourth-order valence-corrected chi connectivity index (χ4v) is 1.73. The standard InChI is InChI=1S/C9H19N3O8/c13-9(8-2-1-4-10-8)18-5-3-7(20-12(16)17)6-19-11(14)15/h7-8,10,14-17H,1-6H2. The molecule has 0 aromatic heterocycles. The third kappa shape index (κ3) is 7.04. The van der Waals surface area contributed by atoms with E-state index in [9.17, 15) is 4.79 Å². The Labute approximate surface area is 114 Å². The number of ether oxygens (including phenoxy) is 1. The van der Waals surface area contributed by atoms with Crippen molar-refractivity contribution in [3.05, 3.63) is 0 Å². The van der Waals surface area contributed by atoms with Crippen molar-refractivity contribution in [2.45, 2.75) is 31.4 Å². The monoisotopic (exact) mass is 297 g/mol. The van der Waals surface area contributed by atoms with Gasteiger partial charge >= 0.3 is 5.97 Å². The molecule has 0 amide bonds. The molecule has 0 saturated carbocycles. The first-order valence-electron chi connectivity index (χ1n) is 6.04. The number of carbonyl (C=O) groups is 1. The van der Waals surface area contributed by atoms with Crippen molar-refractivity contribution in [2.75, 3.05) is 19.8 Å². The summed E-state index contributed by atoms with van der Waals surface area (Å²) in [5.74, 6) is -0.391. The van der Waals surface area contributed by atoms with Gasteiger partial charge in [0.25, 0.3) is 0 Å². The van der Waals surface area contributed by atoms with E-state index in [2.05, 4.69) is 15.0 Å². The van der Waals surface area contributed by atoms with E-state index >= 15 is 0 Å². The molecule has 1 heterocycles. The maximum atomic E-state index is 11.6. The Morgan fingerprint density at radius 2 is 2.05 bits per heavy atom. The van der Waals surface area contributed by atoms with Gasteiger partial charge in [0.2, 0.25) is 0 Å². The van der Waals surface area contributed by atoms with Crippen LogP contribution >= 0.6 is 0 Å². The van der Waals surface area contributed by atoms with Crippen LogP contribution in [0.25, 0.3) is 0 Å². The van der Waals surface area contributed by atoms with Crippen molar-refractivity contribution < 1.29 is 40.0 Å². The molecule has 1 aliphatic heterocycles. The summed E-state index contributed by atoms with van der Waals surface area (Å²) in [7, 11) is 0. The molecule has 1 fully saturated rings. The van der Waals surface area contributed by atoms with E-state index in [0.717, 1.165) is 13.0 Å². The van der Waals surface area contributed by atoms with Crippen LogP contribution < -0.4 is 5.32 Å². The zero-order chi connectivity index (χ0) is 15.0. The zero-order valence-electron chi connectivity index (χ0n) is 10.7. The Morgan fingerprint density at radius 1 is 1.30 bits per heavy atom. The van der Waals surface area contributed by atoms with E-state index in [1.54, 1.807) is 0 Å². The molecule has 5 N–H and O–H groups in total. The highest BCUT2D eigenvalue weighted by atomic mass is 17.1. The van der Waals surface area contributed by atoms with E-state index in [1.165, 1.54) is 0 Å². The van der Waals surface area contributed by atoms with Gasteiger partial charge in [0.15, 0.2) is 0 Å². The van der Waals surface area contributed by atoms with Crippen LogP contribution in [-0.2, 0) is 19.2 Å². The topological polar surface area (TPSA) is 144 Å². The van der Waals surface area contributed by atoms with Crippen molar-refractivity contribution in [1.82, 2.24) is 16.1 Å². The van der Waals surface area contributed by atoms with E-state index in [4.69, 9.17) is 25.6 Å². The number of nitrogens with zero attached hydrogens (tertiary/aromatic N) is 2. The van der Waals surface area contributed by atoms with Crippen molar-refractivity contribution in [1.29, 1.82) is 0 Å². The molecule has 118 valence electrons. The molecule has 0 aromatic carbocycles. The molecule has 0 radical (unpaired) electrons. The van der Waals surface area contributed by atoms with E-state index in [-0.39, 0.29) is 19.1 Å². The largest absolute Gasteiger partial charge is 0.464 e. The van der Waals surface area contributed by atoms with Gasteiger partial charge in [0.1, 0.15) is 18.8 Å². The van der Waals surface area contributed by atoms with Crippen LogP contribution in [0.1, 0.15) is 19.3 Å². The van der Waals surface area contributed by atoms with Crippen LogP contribution in [0.3, 0.4) is 0 Å². The first-order valence-corrected chi connectivity index (χ1v) is 6.04. The van der Waals surface area contributed by atoms with E-state index in [0.29, 0.717) is 6.42 Å². The van der Waals surface area contributed by atoms with Crippen molar-refractivity contribution in [3.63, 3.8) is 0 Å². The Bertz CT molecular complexity index is 284. The van der Waals surface area contributed by atoms with E-state index in [1.807, 2.05) is 0 Å². The van der Waals surface area contributed by atoms with Gasteiger partial charge in [-0.1, -0.05) is 0 Å². The zero-order valence-corrected chi connectivity index (χ0v) is 10.7. The first-order chi connectivity index (χ1) is 9.49. The number of esters is 1. The van der Waals surface area contributed by atoms with Gasteiger partial charge in [-0.25, -0.2) is 9.68 Å². The average molecular weight is 297 g/mol. The molecule has 2 atom stereocenters. The number of carbonyl (C=O) groups excluding carboxylic acids is 1. The fraction of sp³-hybridized carbons (Fsp3) is 0.889. The summed E-state index contributed by atoms with van der Waals surface area (Å²) in [6.45, 7) is 0.325. The molecular formula is C9H19N3O8. The molecule has 20 heavy (non-hydrogen) atoms. The fourth-order valence-electron chi connectivity index (χ4n) is 1.73. The van der Waals surface area contributed by atoms with Gasteiger partial charge in [0.05, 0.1) is 17.4 Å². The summed E-state index contributed by atoms with van der Waals surface area (Å²) >= 11 is 0. The lowest BCUT2D eigenvalue weighted by molar-refractivity contribution is -0.527. The Kier molecular flexibility index (Phi) is 7.83. The normalized spacial score (nSPS) is 20.6. The SMILES string of the molecule is O=C(OCCC(CON(O)O)ON(O)O)C1CCCN1. The summed E-state index contributed by atoms with van der Waals surface area (Å²) in [4.78, 5) is 20.3. The van der Waals surface area contributed by atoms with Gasteiger partial charge in [-0.2, -0.15) is 0 Å². The van der Waals surface area contributed by atoms with Gasteiger partial charge < -0.3 is 10.1 Å². The first kappa shape index (κ1) is 17.2. The van der Waals surface area contributed by atoms with Gasteiger partial charge in [-0.15, -0.1) is 0 Å². The molecule has 11 nitrogen and oxygen atoms in total. The van der Waals surface area contributed by atoms with Crippen LogP contribution in [0.4, 0.5) is 0 Å². The Balaban J connectivity index is 2.23. The smallest absolute Gasteiger partial charge is 0.323 e. The summed E-state index contributed by atoms with van der Waals surface area (Å²) in [5, 5.41) is 35.7. The summed E-state index contributed by atoms with van der Waals surface area (Å²) in [6.07, 6.45) is 0.722. The average Bonchev–Trinajstić information content (AvgIpc) is 2.88. The van der Waals surface area contributed by atoms with E-state index < -0.39 is 29.5 Å². The van der Waals surface area contributed by atoms with Crippen LogP contribution in [0, 0.1) is 0 Å². The third-order valence-corrected chi connectivity index (χ3v) is 2.65. The lowest BCUT2D eigenvalue weighted by Crippen LogP contribution is -2.35. The second-order valence-corrected chi connectivity index (χ2v) is 4.13. The molecule has 1 aliphatic rings. The van der Waals surface area contributed by atoms with Gasteiger partial charge in [-0.3, -0.25) is 25.6 Å². The predicted molar refractivity (Wildman–Crippen MR) is 58.2 cm³/mol. The third-order valence-electron chi connectivity index (χ3n) is 2.65. The second kappa shape index (κ2) is 9.12. The Morgan fingerprint density at radius 3 is 2.60 bits per heavy atom. The molecule has 1 rings (SSSR count). The van der Waals surface area contributed by atoms with Gasteiger partial charge in [0, 0.05) is 6.42 Å². The van der Waals surface area contributed by atoms with Crippen LogP contribution in [0.5, 0.6) is 0 Å². The Hall–Kier alpha value is -0.890. The highest BCUT2D eigenvalue weighted by Gasteiger charge is 2.24. The second-order valence-electron chi connectivity index (χ2n) is 4.13. The van der Waals surface area contributed by atoms with Crippen LogP contribution in [0.2, 0.25) is 0 Å². The molecule has 0 aromatic rings. The highest BCUT2D eigenvalue weighted by Crippen LogP contribution is 2.08. The molecular weight excluding hydrogens is 278 g/mol. The lowest BCUT2D eigenvalue weighted by atomic mass is 10.2. The van der Waals surface area contributed by atoms with Crippen LogP contribution in [0.15, 0.2) is 0 Å². The maximum Gasteiger partial charge on any atom is 0.323 e. The minimum Gasteiger partial charge on any atom is -0.464 e. The number of rotatable bonds is 9. The van der Waals surface area contributed by atoms with Gasteiger partial charge in [-0.05, 0) is 19.4 Å². The molecule has 11 heteroatoms. The molecule has 2 unspecified atom stereocenters. The predicted octanol–water partition coefficient (Wildman–Crippen LogP) is -0.936. The summed E-state index contributed by atoms with van der Waals surface area (Å²) in [5.41, 5.74) is 0.